The molecule has 0 spiro atoms. The van der Waals surface area contributed by atoms with Crippen LogP contribution < -0.4 is 5.32 Å². The lowest BCUT2D eigenvalue weighted by Gasteiger charge is -2.09. The van der Waals surface area contributed by atoms with Gasteiger partial charge in [0.2, 0.25) is 0 Å². The molecule has 2 aromatic carbocycles. The van der Waals surface area contributed by atoms with Gasteiger partial charge in [-0.15, -0.1) is 0 Å². The normalized spacial score (nSPS) is 10.2. The van der Waals surface area contributed by atoms with Gasteiger partial charge in [0.1, 0.15) is 0 Å². The Morgan fingerprint density at radius 2 is 1.89 bits per heavy atom. The van der Waals surface area contributed by atoms with E-state index in [1.54, 1.807) is 18.2 Å². The molecular weight excluding hydrogens is 238 g/mol. The number of aromatic carboxylic acids is 1. The van der Waals surface area contributed by atoms with Gasteiger partial charge in [0, 0.05) is 12.2 Å². The highest BCUT2D eigenvalue weighted by atomic mass is 16.4. The molecular formula is C16H17NO2. The Morgan fingerprint density at radius 1 is 1.11 bits per heavy atom. The summed E-state index contributed by atoms with van der Waals surface area (Å²) in [5.74, 6) is -0.895. The number of carboxylic acids is 1. The van der Waals surface area contributed by atoms with Crippen molar-refractivity contribution in [3.8, 4) is 0 Å². The second-order valence-electron chi connectivity index (χ2n) is 4.66. The molecule has 0 fully saturated rings. The van der Waals surface area contributed by atoms with E-state index >= 15 is 0 Å². The molecule has 2 N–H and O–H groups in total. The van der Waals surface area contributed by atoms with Crippen LogP contribution in [-0.4, -0.2) is 11.1 Å². The molecule has 0 aromatic heterocycles. The topological polar surface area (TPSA) is 49.3 Å². The van der Waals surface area contributed by atoms with Crippen LogP contribution in [0.4, 0.5) is 5.69 Å². The van der Waals surface area contributed by atoms with E-state index in [2.05, 4.69) is 31.3 Å². The van der Waals surface area contributed by atoms with Crippen LogP contribution in [0.1, 0.15) is 27.0 Å². The highest BCUT2D eigenvalue weighted by Crippen LogP contribution is 2.15. The minimum atomic E-state index is -0.895. The molecule has 0 aliphatic heterocycles. The van der Waals surface area contributed by atoms with Crippen LogP contribution in [0.2, 0.25) is 0 Å². The molecule has 0 aliphatic rings. The lowest BCUT2D eigenvalue weighted by molar-refractivity contribution is 0.0697. The van der Waals surface area contributed by atoms with Crippen LogP contribution in [0.15, 0.2) is 42.5 Å². The molecule has 19 heavy (non-hydrogen) atoms. The van der Waals surface area contributed by atoms with Gasteiger partial charge < -0.3 is 10.4 Å². The average molecular weight is 255 g/mol. The van der Waals surface area contributed by atoms with Crippen molar-refractivity contribution >= 4 is 11.7 Å². The molecule has 0 atom stereocenters. The summed E-state index contributed by atoms with van der Waals surface area (Å²) in [6.45, 7) is 4.77. The third-order valence-electron chi connectivity index (χ3n) is 3.18. The van der Waals surface area contributed by atoms with Crippen LogP contribution in [0, 0.1) is 13.8 Å². The highest BCUT2D eigenvalue weighted by Gasteiger charge is 2.03. The first-order valence-electron chi connectivity index (χ1n) is 6.19. The van der Waals surface area contributed by atoms with E-state index in [0.717, 1.165) is 11.3 Å². The Bertz CT molecular complexity index is 605. The van der Waals surface area contributed by atoms with Crippen molar-refractivity contribution in [1.29, 1.82) is 0 Å². The average Bonchev–Trinajstić information content (AvgIpc) is 2.40. The van der Waals surface area contributed by atoms with Crippen LogP contribution in [0.25, 0.3) is 0 Å². The van der Waals surface area contributed by atoms with Crippen molar-refractivity contribution in [2.24, 2.45) is 0 Å². The second-order valence-corrected chi connectivity index (χ2v) is 4.66. The largest absolute Gasteiger partial charge is 0.478 e. The van der Waals surface area contributed by atoms with E-state index in [1.165, 1.54) is 11.1 Å². The first kappa shape index (κ1) is 13.1. The quantitative estimate of drug-likeness (QED) is 0.877. The maximum Gasteiger partial charge on any atom is 0.335 e. The summed E-state index contributed by atoms with van der Waals surface area (Å²) in [6.07, 6.45) is 0. The van der Waals surface area contributed by atoms with Crippen molar-refractivity contribution in [2.75, 3.05) is 5.32 Å². The van der Waals surface area contributed by atoms with E-state index in [0.29, 0.717) is 12.1 Å². The number of hydrogen-bond acceptors (Lipinski definition) is 2. The van der Waals surface area contributed by atoms with E-state index in [9.17, 15) is 4.79 Å². The molecule has 0 saturated carbocycles. The van der Waals surface area contributed by atoms with Crippen molar-refractivity contribution in [3.63, 3.8) is 0 Å². The van der Waals surface area contributed by atoms with Crippen LogP contribution in [0.5, 0.6) is 0 Å². The molecule has 2 aromatic rings. The zero-order chi connectivity index (χ0) is 13.8. The molecule has 0 bridgehead atoms. The number of rotatable bonds is 4. The molecule has 0 unspecified atom stereocenters. The fourth-order valence-corrected chi connectivity index (χ4v) is 1.87. The lowest BCUT2D eigenvalue weighted by atomic mass is 10.1. The van der Waals surface area contributed by atoms with Crippen molar-refractivity contribution in [1.82, 2.24) is 0 Å². The van der Waals surface area contributed by atoms with E-state index in [1.807, 2.05) is 12.1 Å². The van der Waals surface area contributed by atoms with Gasteiger partial charge in [-0.25, -0.2) is 4.79 Å². The molecule has 0 radical (unpaired) electrons. The number of nitrogens with one attached hydrogen (secondary N) is 1. The predicted octanol–water partition coefficient (Wildman–Crippen LogP) is 3.61. The van der Waals surface area contributed by atoms with Gasteiger partial charge in [0.25, 0.3) is 0 Å². The fourth-order valence-electron chi connectivity index (χ4n) is 1.87. The third-order valence-corrected chi connectivity index (χ3v) is 3.18. The molecule has 0 saturated heterocycles. The third kappa shape index (κ3) is 3.35. The van der Waals surface area contributed by atoms with Gasteiger partial charge in [-0.1, -0.05) is 18.2 Å². The molecule has 0 amide bonds. The van der Waals surface area contributed by atoms with Gasteiger partial charge in [0.15, 0.2) is 0 Å². The van der Waals surface area contributed by atoms with Gasteiger partial charge in [-0.3, -0.25) is 0 Å². The molecule has 3 heteroatoms. The monoisotopic (exact) mass is 255 g/mol. The molecule has 3 nitrogen and oxygen atoms in total. The van der Waals surface area contributed by atoms with Crippen molar-refractivity contribution < 1.29 is 9.90 Å². The van der Waals surface area contributed by atoms with Gasteiger partial charge in [0.05, 0.1) is 5.56 Å². The SMILES string of the molecule is Cc1ccc(NCc2cccc(C(=O)O)c2)cc1C. The zero-order valence-corrected chi connectivity index (χ0v) is 11.1. The number of benzene rings is 2. The molecule has 2 rings (SSSR count). The smallest absolute Gasteiger partial charge is 0.335 e. The van der Waals surface area contributed by atoms with Crippen LogP contribution in [-0.2, 0) is 6.54 Å². The number of aryl methyl sites for hydroxylation is 2. The number of carbonyl (C=O) groups is 1. The molecule has 0 heterocycles. The number of hydrogen-bond donors (Lipinski definition) is 2. The minimum Gasteiger partial charge on any atom is -0.478 e. The van der Waals surface area contributed by atoms with Gasteiger partial charge >= 0.3 is 5.97 Å². The summed E-state index contributed by atoms with van der Waals surface area (Å²) in [5.41, 5.74) is 4.82. The van der Waals surface area contributed by atoms with Crippen LogP contribution >= 0.6 is 0 Å². The predicted molar refractivity (Wildman–Crippen MR) is 76.6 cm³/mol. The van der Waals surface area contributed by atoms with E-state index < -0.39 is 5.97 Å². The highest BCUT2D eigenvalue weighted by molar-refractivity contribution is 5.87. The number of carboxylic acid groups (broad SMARTS) is 1. The zero-order valence-electron chi connectivity index (χ0n) is 11.1. The maximum atomic E-state index is 10.9. The minimum absolute atomic E-state index is 0.319. The second kappa shape index (κ2) is 5.57. The van der Waals surface area contributed by atoms with Crippen molar-refractivity contribution in [2.45, 2.75) is 20.4 Å². The Kier molecular flexibility index (Phi) is 3.85. The van der Waals surface area contributed by atoms with E-state index in [-0.39, 0.29) is 0 Å². The first-order valence-corrected chi connectivity index (χ1v) is 6.19. The summed E-state index contributed by atoms with van der Waals surface area (Å²) >= 11 is 0. The van der Waals surface area contributed by atoms with Gasteiger partial charge in [-0.2, -0.15) is 0 Å². The Labute approximate surface area is 112 Å². The Hall–Kier alpha value is -2.29. The molecule has 98 valence electrons. The maximum absolute atomic E-state index is 10.9. The summed E-state index contributed by atoms with van der Waals surface area (Å²) < 4.78 is 0. The number of anilines is 1. The molecule has 0 aliphatic carbocycles. The summed E-state index contributed by atoms with van der Waals surface area (Å²) in [7, 11) is 0. The van der Waals surface area contributed by atoms with E-state index in [4.69, 9.17) is 5.11 Å². The first-order chi connectivity index (χ1) is 9.06. The lowest BCUT2D eigenvalue weighted by Crippen LogP contribution is -2.02. The Morgan fingerprint density at radius 3 is 2.58 bits per heavy atom. The van der Waals surface area contributed by atoms with Gasteiger partial charge in [-0.05, 0) is 54.8 Å². The van der Waals surface area contributed by atoms with Crippen molar-refractivity contribution in [3.05, 3.63) is 64.7 Å². The summed E-state index contributed by atoms with van der Waals surface area (Å²) in [4.78, 5) is 10.9. The standard InChI is InChI=1S/C16H17NO2/c1-11-6-7-15(8-12(11)2)17-10-13-4-3-5-14(9-13)16(18)19/h3-9,17H,10H2,1-2H3,(H,18,19). The summed E-state index contributed by atoms with van der Waals surface area (Å²) in [6, 6.07) is 13.2. The fraction of sp³-hybridized carbons (Fsp3) is 0.188. The van der Waals surface area contributed by atoms with Crippen LogP contribution in [0.3, 0.4) is 0 Å². The Balaban J connectivity index is 2.07. The summed E-state index contributed by atoms with van der Waals surface area (Å²) in [5, 5.41) is 12.2.